The van der Waals surface area contributed by atoms with Crippen LogP contribution in [0.1, 0.15) is 63.5 Å². The van der Waals surface area contributed by atoms with Crippen LogP contribution < -0.4 is 21.3 Å². The molecular weight excluding hydrogens is 588 g/mol. The Kier molecular flexibility index (Phi) is 7.33. The Balaban J connectivity index is 1.03. The van der Waals surface area contributed by atoms with E-state index in [9.17, 15) is 14.4 Å². The molecule has 6 heterocycles. The Bertz CT molecular complexity index is 1450. The van der Waals surface area contributed by atoms with Crippen molar-refractivity contribution in [2.24, 2.45) is 5.92 Å². The monoisotopic (exact) mass is 634 g/mol. The van der Waals surface area contributed by atoms with Crippen LogP contribution in [-0.2, 0) is 31.0 Å². The summed E-state index contributed by atoms with van der Waals surface area (Å²) in [6.07, 6.45) is 8.33. The van der Waals surface area contributed by atoms with Crippen molar-refractivity contribution < 1.29 is 23.9 Å². The molecule has 13 nitrogen and oxygen atoms in total. The zero-order valence-corrected chi connectivity index (χ0v) is 27.0. The van der Waals surface area contributed by atoms with Crippen molar-refractivity contribution in [1.29, 1.82) is 0 Å². The lowest BCUT2D eigenvalue weighted by Crippen LogP contribution is -2.74. The van der Waals surface area contributed by atoms with E-state index in [1.807, 2.05) is 23.8 Å². The van der Waals surface area contributed by atoms with Crippen LogP contribution in [-0.4, -0.2) is 108 Å². The fourth-order valence-electron chi connectivity index (χ4n) is 8.63. The molecule has 6 aliphatic heterocycles. The molecule has 1 aromatic rings. The molecule has 4 saturated heterocycles. The molecule has 7 aliphatic rings. The highest BCUT2D eigenvalue weighted by Gasteiger charge is 2.55. The maximum Gasteiger partial charge on any atom is 0.409 e. The second kappa shape index (κ2) is 11.2. The summed E-state index contributed by atoms with van der Waals surface area (Å²) >= 11 is 0. The highest BCUT2D eigenvalue weighted by Crippen LogP contribution is 2.52. The Morgan fingerprint density at radius 3 is 2.76 bits per heavy atom. The first-order chi connectivity index (χ1) is 22.2. The van der Waals surface area contributed by atoms with E-state index in [4.69, 9.17) is 9.47 Å². The van der Waals surface area contributed by atoms with Gasteiger partial charge in [-0.1, -0.05) is 18.2 Å². The molecule has 0 radical (unpaired) electrons. The molecule has 46 heavy (non-hydrogen) atoms. The molecule has 5 fully saturated rings. The van der Waals surface area contributed by atoms with Crippen molar-refractivity contribution >= 4 is 23.6 Å². The number of methoxy groups -OCH3 is 1. The summed E-state index contributed by atoms with van der Waals surface area (Å²) in [5.74, 6) is -0.163. The number of allylic oxidation sites excluding steroid dienone is 1. The SMILES string of the molecule is COC(=O)N1Cc2cc(NC3NCC4C(=O)N5C/C=C\CCCN6C(=O)C(C)(C)OC7CCC(NC76)N5C4N3)ccc2C2(CC2)C1. The zero-order chi connectivity index (χ0) is 31.8. The minimum Gasteiger partial charge on any atom is -0.453 e. The first kappa shape index (κ1) is 30.1. The van der Waals surface area contributed by atoms with Gasteiger partial charge in [0.15, 0.2) is 0 Å². The lowest BCUT2D eigenvalue weighted by molar-refractivity contribution is -0.209. The number of benzene rings is 1. The number of nitrogens with zero attached hydrogens (tertiary/aromatic N) is 4. The molecule has 1 saturated carbocycles. The fourth-order valence-corrected chi connectivity index (χ4v) is 8.63. The number of hydrazine groups is 1. The number of rotatable bonds is 2. The van der Waals surface area contributed by atoms with Gasteiger partial charge in [-0.3, -0.25) is 30.5 Å². The Morgan fingerprint density at radius 2 is 1.96 bits per heavy atom. The van der Waals surface area contributed by atoms with E-state index >= 15 is 0 Å². The smallest absolute Gasteiger partial charge is 0.409 e. The number of carbonyl (C=O) groups excluding carboxylic acids is 3. The van der Waals surface area contributed by atoms with Crippen LogP contribution in [0.25, 0.3) is 0 Å². The minimum absolute atomic E-state index is 0.00629. The van der Waals surface area contributed by atoms with Crippen LogP contribution in [0.3, 0.4) is 0 Å². The first-order valence-corrected chi connectivity index (χ1v) is 16.9. The zero-order valence-electron chi connectivity index (χ0n) is 27.0. The molecule has 1 aromatic carbocycles. The standard InChI is InChI=1S/C33H46N8O5/c1-32(2)29(43)39-14-6-4-5-7-15-40-28(42)22-17-34-30(37-26(22)41(40)25-11-10-24(46-32)27(39)36-25)35-21-8-9-23-20(16-21)18-38(31(44)45-3)19-33(23)12-13-33/h5,7-9,16,22,24-27,30,34-37H,4,6,10-15,17-19H2,1-3H3/b7-5-. The maximum atomic E-state index is 13.9. The number of carbonyl (C=O) groups is 3. The quantitative estimate of drug-likeness (QED) is 0.356. The predicted molar refractivity (Wildman–Crippen MR) is 169 cm³/mol. The number of fused-ring (bicyclic) bond motifs is 7. The molecule has 8 rings (SSSR count). The van der Waals surface area contributed by atoms with Gasteiger partial charge in [-0.05, 0) is 75.6 Å². The molecule has 6 unspecified atom stereocenters. The number of piperidine rings is 1. The van der Waals surface area contributed by atoms with E-state index in [1.54, 1.807) is 4.90 Å². The van der Waals surface area contributed by atoms with Crippen LogP contribution >= 0.6 is 0 Å². The van der Waals surface area contributed by atoms with Crippen LogP contribution in [0.15, 0.2) is 30.4 Å². The molecular formula is C33H46N8O5. The highest BCUT2D eigenvalue weighted by molar-refractivity contribution is 5.85. The summed E-state index contributed by atoms with van der Waals surface area (Å²) in [5.41, 5.74) is 2.60. The fraction of sp³-hybridized carbons (Fsp3) is 0.667. The van der Waals surface area contributed by atoms with Gasteiger partial charge < -0.3 is 24.6 Å². The van der Waals surface area contributed by atoms with Crippen molar-refractivity contribution in [3.05, 3.63) is 41.5 Å². The molecule has 0 aromatic heterocycles. The Hall–Kier alpha value is -3.23. The van der Waals surface area contributed by atoms with Gasteiger partial charge in [0.1, 0.15) is 18.1 Å². The number of nitrogens with one attached hydrogen (secondary N) is 4. The average Bonchev–Trinajstić information content (AvgIpc) is 3.75. The van der Waals surface area contributed by atoms with Crippen molar-refractivity contribution in [2.45, 2.75) is 101 Å². The van der Waals surface area contributed by atoms with E-state index in [0.29, 0.717) is 32.7 Å². The van der Waals surface area contributed by atoms with Gasteiger partial charge in [0.05, 0.1) is 38.0 Å². The summed E-state index contributed by atoms with van der Waals surface area (Å²) in [6, 6.07) is 6.47. The predicted octanol–water partition coefficient (Wildman–Crippen LogP) is 1.58. The van der Waals surface area contributed by atoms with E-state index in [-0.39, 0.29) is 60.1 Å². The van der Waals surface area contributed by atoms with Gasteiger partial charge in [0, 0.05) is 37.3 Å². The second-order valence-electron chi connectivity index (χ2n) is 14.5. The van der Waals surface area contributed by atoms with Gasteiger partial charge in [-0.25, -0.2) is 4.79 Å². The molecule has 4 N–H and O–H groups in total. The van der Waals surface area contributed by atoms with Gasteiger partial charge in [0.2, 0.25) is 5.91 Å². The van der Waals surface area contributed by atoms with Crippen molar-refractivity contribution in [3.63, 3.8) is 0 Å². The Morgan fingerprint density at radius 1 is 1.11 bits per heavy atom. The third-order valence-corrected chi connectivity index (χ3v) is 11.1. The third-order valence-electron chi connectivity index (χ3n) is 11.1. The van der Waals surface area contributed by atoms with Crippen LogP contribution in [0.4, 0.5) is 10.5 Å². The van der Waals surface area contributed by atoms with Crippen LogP contribution in [0, 0.1) is 5.92 Å². The average molecular weight is 635 g/mol. The summed E-state index contributed by atoms with van der Waals surface area (Å²) in [6.45, 7) is 6.66. The maximum absolute atomic E-state index is 13.9. The third kappa shape index (κ3) is 4.98. The number of ether oxygens (including phenoxy) is 2. The van der Waals surface area contributed by atoms with Crippen molar-refractivity contribution in [1.82, 2.24) is 35.8 Å². The first-order valence-electron chi connectivity index (χ1n) is 16.9. The van der Waals surface area contributed by atoms with Crippen LogP contribution in [0.2, 0.25) is 0 Å². The normalized spacial score (nSPS) is 35.3. The van der Waals surface area contributed by atoms with Gasteiger partial charge in [-0.15, -0.1) is 0 Å². The number of hydrogen-bond acceptors (Lipinski definition) is 10. The number of amides is 3. The van der Waals surface area contributed by atoms with Crippen molar-refractivity contribution in [2.75, 3.05) is 38.6 Å². The number of hydrogen-bond donors (Lipinski definition) is 4. The second-order valence-corrected chi connectivity index (χ2v) is 14.5. The van der Waals surface area contributed by atoms with Gasteiger partial charge in [-0.2, -0.15) is 5.01 Å². The van der Waals surface area contributed by atoms with Crippen LogP contribution in [0.5, 0.6) is 0 Å². The van der Waals surface area contributed by atoms with Gasteiger partial charge in [0.25, 0.3) is 5.91 Å². The summed E-state index contributed by atoms with van der Waals surface area (Å²) in [5, 5.41) is 18.7. The molecule has 3 amide bonds. The Labute approximate surface area is 269 Å². The lowest BCUT2D eigenvalue weighted by Gasteiger charge is -2.53. The molecule has 6 atom stereocenters. The number of anilines is 1. The van der Waals surface area contributed by atoms with E-state index in [1.165, 1.54) is 12.7 Å². The van der Waals surface area contributed by atoms with Gasteiger partial charge >= 0.3 is 6.09 Å². The largest absolute Gasteiger partial charge is 0.453 e. The summed E-state index contributed by atoms with van der Waals surface area (Å²) in [7, 11) is 1.44. The molecule has 248 valence electrons. The topological polar surface area (TPSA) is 131 Å². The summed E-state index contributed by atoms with van der Waals surface area (Å²) < 4.78 is 11.4. The molecule has 1 aliphatic carbocycles. The highest BCUT2D eigenvalue weighted by atomic mass is 16.5. The van der Waals surface area contributed by atoms with Crippen molar-refractivity contribution in [3.8, 4) is 0 Å². The van der Waals surface area contributed by atoms with E-state index < -0.39 is 5.60 Å². The lowest BCUT2D eigenvalue weighted by atomic mass is 9.87. The summed E-state index contributed by atoms with van der Waals surface area (Å²) in [4.78, 5) is 43.6. The number of morpholine rings is 1. The molecule has 2 bridgehead atoms. The minimum atomic E-state index is -0.855. The molecule has 13 heteroatoms. The van der Waals surface area contributed by atoms with E-state index in [2.05, 4.69) is 56.6 Å². The molecule has 1 spiro atoms. The van der Waals surface area contributed by atoms with E-state index in [0.717, 1.165) is 49.8 Å².